The molecular formula is C18H22N4OS. The maximum Gasteiger partial charge on any atom is 0.230 e. The molecular weight excluding hydrogens is 320 g/mol. The molecule has 0 bridgehead atoms. The summed E-state index contributed by atoms with van der Waals surface area (Å²) in [5.74, 6) is 1.34. The van der Waals surface area contributed by atoms with E-state index in [4.69, 9.17) is 0 Å². The Kier molecular flexibility index (Phi) is 5.69. The molecule has 0 saturated carbocycles. The van der Waals surface area contributed by atoms with E-state index in [1.165, 1.54) is 30.2 Å². The first kappa shape index (κ1) is 16.8. The molecule has 0 atom stereocenters. The molecule has 0 aliphatic carbocycles. The fourth-order valence-corrected chi connectivity index (χ4v) is 3.32. The number of thioether (sulfide) groups is 1. The SMILES string of the molecule is Cc1ccc(CNC(=O)CSc2cc(N3CCCC3)ncn2)cc1. The summed E-state index contributed by atoms with van der Waals surface area (Å²) < 4.78 is 0. The number of aryl methyl sites for hydroxylation is 1. The molecule has 24 heavy (non-hydrogen) atoms. The van der Waals surface area contributed by atoms with E-state index in [1.54, 1.807) is 6.33 Å². The largest absolute Gasteiger partial charge is 0.356 e. The van der Waals surface area contributed by atoms with Crippen molar-refractivity contribution in [1.82, 2.24) is 15.3 Å². The average molecular weight is 342 g/mol. The lowest BCUT2D eigenvalue weighted by molar-refractivity contribution is -0.118. The topological polar surface area (TPSA) is 58.1 Å². The van der Waals surface area contributed by atoms with Gasteiger partial charge in [-0.25, -0.2) is 9.97 Å². The Morgan fingerprint density at radius 1 is 1.21 bits per heavy atom. The van der Waals surface area contributed by atoms with Gasteiger partial charge in [0.2, 0.25) is 5.91 Å². The van der Waals surface area contributed by atoms with Crippen LogP contribution in [0.2, 0.25) is 0 Å². The highest BCUT2D eigenvalue weighted by molar-refractivity contribution is 7.99. The zero-order valence-electron chi connectivity index (χ0n) is 13.9. The van der Waals surface area contributed by atoms with Gasteiger partial charge in [-0.1, -0.05) is 41.6 Å². The van der Waals surface area contributed by atoms with Crippen LogP contribution in [-0.2, 0) is 11.3 Å². The zero-order valence-corrected chi connectivity index (χ0v) is 14.7. The van der Waals surface area contributed by atoms with Gasteiger partial charge in [-0.15, -0.1) is 0 Å². The van der Waals surface area contributed by atoms with Gasteiger partial charge in [0.05, 0.1) is 5.75 Å². The van der Waals surface area contributed by atoms with Gasteiger partial charge in [0.1, 0.15) is 17.2 Å². The Hall–Kier alpha value is -2.08. The molecule has 2 aromatic rings. The number of carbonyl (C=O) groups is 1. The molecule has 1 saturated heterocycles. The van der Waals surface area contributed by atoms with Crippen molar-refractivity contribution in [2.75, 3.05) is 23.7 Å². The second-order valence-electron chi connectivity index (χ2n) is 5.96. The molecule has 0 radical (unpaired) electrons. The number of nitrogens with one attached hydrogen (secondary N) is 1. The molecule has 6 heteroatoms. The van der Waals surface area contributed by atoms with Crippen molar-refractivity contribution in [1.29, 1.82) is 0 Å². The molecule has 1 aromatic carbocycles. The number of benzene rings is 1. The van der Waals surface area contributed by atoms with Crippen molar-refractivity contribution in [3.05, 3.63) is 47.8 Å². The predicted octanol–water partition coefficient (Wildman–Crippen LogP) is 2.79. The summed E-state index contributed by atoms with van der Waals surface area (Å²) in [6, 6.07) is 10.2. The molecule has 5 nitrogen and oxygen atoms in total. The number of nitrogens with zero attached hydrogens (tertiary/aromatic N) is 3. The van der Waals surface area contributed by atoms with Crippen molar-refractivity contribution in [3.63, 3.8) is 0 Å². The number of aromatic nitrogens is 2. The van der Waals surface area contributed by atoms with Gasteiger partial charge in [0, 0.05) is 25.7 Å². The highest BCUT2D eigenvalue weighted by Gasteiger charge is 2.14. The van der Waals surface area contributed by atoms with Crippen LogP contribution in [0.1, 0.15) is 24.0 Å². The summed E-state index contributed by atoms with van der Waals surface area (Å²) >= 11 is 1.45. The van der Waals surface area contributed by atoms with Crippen LogP contribution in [0.15, 0.2) is 41.7 Å². The first-order valence-electron chi connectivity index (χ1n) is 8.23. The van der Waals surface area contributed by atoms with E-state index >= 15 is 0 Å². The molecule has 1 aromatic heterocycles. The van der Waals surface area contributed by atoms with Gasteiger partial charge in [0.25, 0.3) is 0 Å². The molecule has 1 N–H and O–H groups in total. The third-order valence-electron chi connectivity index (χ3n) is 4.02. The van der Waals surface area contributed by atoms with Crippen LogP contribution in [0.3, 0.4) is 0 Å². The fraction of sp³-hybridized carbons (Fsp3) is 0.389. The Morgan fingerprint density at radius 3 is 2.71 bits per heavy atom. The summed E-state index contributed by atoms with van der Waals surface area (Å²) in [5, 5.41) is 3.79. The Labute approximate surface area is 146 Å². The van der Waals surface area contributed by atoms with Gasteiger partial charge >= 0.3 is 0 Å². The van der Waals surface area contributed by atoms with Crippen LogP contribution < -0.4 is 10.2 Å². The lowest BCUT2D eigenvalue weighted by atomic mass is 10.1. The van der Waals surface area contributed by atoms with E-state index in [0.717, 1.165) is 29.5 Å². The lowest BCUT2D eigenvalue weighted by Crippen LogP contribution is -2.24. The average Bonchev–Trinajstić information content (AvgIpc) is 3.14. The number of hydrogen-bond donors (Lipinski definition) is 1. The molecule has 126 valence electrons. The molecule has 1 fully saturated rings. The standard InChI is InChI=1S/C18H22N4OS/c1-14-4-6-15(7-5-14)11-19-17(23)12-24-18-10-16(20-13-21-18)22-8-2-3-9-22/h4-7,10,13H,2-3,8-9,11-12H2,1H3,(H,19,23). The van der Waals surface area contributed by atoms with Crippen LogP contribution in [0.4, 0.5) is 5.82 Å². The second-order valence-corrected chi connectivity index (χ2v) is 6.96. The number of hydrogen-bond acceptors (Lipinski definition) is 5. The molecule has 1 aliphatic heterocycles. The molecule has 1 amide bonds. The monoisotopic (exact) mass is 342 g/mol. The summed E-state index contributed by atoms with van der Waals surface area (Å²) in [6.07, 6.45) is 4.02. The molecule has 2 heterocycles. The van der Waals surface area contributed by atoms with Crippen LogP contribution >= 0.6 is 11.8 Å². The van der Waals surface area contributed by atoms with E-state index in [-0.39, 0.29) is 5.91 Å². The van der Waals surface area contributed by atoms with Crippen molar-refractivity contribution in [3.8, 4) is 0 Å². The minimum absolute atomic E-state index is 0.0157. The van der Waals surface area contributed by atoms with Gasteiger partial charge < -0.3 is 10.2 Å². The second kappa shape index (κ2) is 8.15. The van der Waals surface area contributed by atoms with Crippen LogP contribution in [0.25, 0.3) is 0 Å². The van der Waals surface area contributed by atoms with E-state index < -0.39 is 0 Å². The number of carbonyl (C=O) groups excluding carboxylic acids is 1. The number of rotatable bonds is 6. The highest BCUT2D eigenvalue weighted by atomic mass is 32.2. The quantitative estimate of drug-likeness (QED) is 0.646. The van der Waals surface area contributed by atoms with Crippen molar-refractivity contribution in [2.45, 2.75) is 31.3 Å². The summed E-state index contributed by atoms with van der Waals surface area (Å²) in [7, 11) is 0. The summed E-state index contributed by atoms with van der Waals surface area (Å²) in [4.78, 5) is 22.9. The third kappa shape index (κ3) is 4.71. The van der Waals surface area contributed by atoms with Crippen molar-refractivity contribution < 1.29 is 4.79 Å². The van der Waals surface area contributed by atoms with Crippen LogP contribution in [0.5, 0.6) is 0 Å². The predicted molar refractivity (Wildman–Crippen MR) is 97.2 cm³/mol. The molecule has 0 unspecified atom stereocenters. The van der Waals surface area contributed by atoms with Gasteiger partial charge in [-0.2, -0.15) is 0 Å². The van der Waals surface area contributed by atoms with Crippen molar-refractivity contribution >= 4 is 23.5 Å². The van der Waals surface area contributed by atoms with E-state index in [1.807, 2.05) is 18.2 Å². The number of anilines is 1. The van der Waals surface area contributed by atoms with Gasteiger partial charge in [-0.05, 0) is 25.3 Å². The first-order chi connectivity index (χ1) is 11.7. The Morgan fingerprint density at radius 2 is 1.96 bits per heavy atom. The fourth-order valence-electron chi connectivity index (χ4n) is 2.63. The summed E-state index contributed by atoms with van der Waals surface area (Å²) in [5.41, 5.74) is 2.33. The Balaban J connectivity index is 1.47. The molecule has 1 aliphatic rings. The smallest absolute Gasteiger partial charge is 0.230 e. The van der Waals surface area contributed by atoms with E-state index in [2.05, 4.69) is 39.2 Å². The Bertz CT molecular complexity index is 684. The minimum atomic E-state index is 0.0157. The van der Waals surface area contributed by atoms with E-state index in [9.17, 15) is 4.79 Å². The minimum Gasteiger partial charge on any atom is -0.356 e. The van der Waals surface area contributed by atoms with Gasteiger partial charge in [0.15, 0.2) is 0 Å². The third-order valence-corrected chi connectivity index (χ3v) is 4.94. The van der Waals surface area contributed by atoms with E-state index in [0.29, 0.717) is 12.3 Å². The highest BCUT2D eigenvalue weighted by Crippen LogP contribution is 2.22. The molecule has 3 rings (SSSR count). The summed E-state index contributed by atoms with van der Waals surface area (Å²) in [6.45, 7) is 4.72. The number of amides is 1. The van der Waals surface area contributed by atoms with Crippen LogP contribution in [0, 0.1) is 6.92 Å². The zero-order chi connectivity index (χ0) is 16.8. The van der Waals surface area contributed by atoms with Crippen LogP contribution in [-0.4, -0.2) is 34.7 Å². The normalized spacial score (nSPS) is 14.0. The molecule has 0 spiro atoms. The van der Waals surface area contributed by atoms with Gasteiger partial charge in [-0.3, -0.25) is 4.79 Å². The lowest BCUT2D eigenvalue weighted by Gasteiger charge is -2.16. The maximum atomic E-state index is 12.0. The maximum absolute atomic E-state index is 12.0. The first-order valence-corrected chi connectivity index (χ1v) is 9.21. The van der Waals surface area contributed by atoms with Crippen molar-refractivity contribution in [2.24, 2.45) is 0 Å².